The molecule has 0 saturated heterocycles. The molecular formula is C20H36O. The Bertz CT molecular complexity index is 351. The van der Waals surface area contributed by atoms with Crippen molar-refractivity contribution in [3.05, 3.63) is 23.8 Å². The molecule has 1 N–H and O–H groups in total. The molecule has 1 fully saturated rings. The van der Waals surface area contributed by atoms with Crippen LogP contribution in [0.4, 0.5) is 0 Å². The lowest BCUT2D eigenvalue weighted by molar-refractivity contribution is 0.123. The van der Waals surface area contributed by atoms with Crippen molar-refractivity contribution < 1.29 is 5.11 Å². The third-order valence-corrected chi connectivity index (χ3v) is 5.31. The second kappa shape index (κ2) is 8.78. The van der Waals surface area contributed by atoms with Crippen molar-refractivity contribution in [1.29, 1.82) is 0 Å². The Morgan fingerprint density at radius 1 is 1.33 bits per heavy atom. The highest BCUT2D eigenvalue weighted by molar-refractivity contribution is 5.18. The van der Waals surface area contributed by atoms with E-state index in [0.29, 0.717) is 23.9 Å². The molecule has 0 aromatic rings. The number of aliphatic hydroxyl groups excluding tert-OH is 1. The van der Waals surface area contributed by atoms with Gasteiger partial charge in [0.1, 0.15) is 0 Å². The summed E-state index contributed by atoms with van der Waals surface area (Å²) in [5.41, 5.74) is 1.84. The third-order valence-electron chi connectivity index (χ3n) is 5.31. The zero-order chi connectivity index (χ0) is 15.9. The molecule has 0 heterocycles. The Labute approximate surface area is 132 Å². The number of allylic oxidation sites excluding steroid dienone is 4. The zero-order valence-electron chi connectivity index (χ0n) is 14.9. The van der Waals surface area contributed by atoms with Crippen molar-refractivity contribution in [2.24, 2.45) is 23.2 Å². The molecule has 1 rings (SSSR count). The first kappa shape index (κ1) is 18.5. The van der Waals surface area contributed by atoms with Crippen molar-refractivity contribution in [3.8, 4) is 0 Å². The fourth-order valence-corrected chi connectivity index (χ4v) is 3.73. The molecule has 3 atom stereocenters. The number of aliphatic hydroxyl groups is 1. The van der Waals surface area contributed by atoms with Gasteiger partial charge in [-0.25, -0.2) is 0 Å². The van der Waals surface area contributed by atoms with Gasteiger partial charge in [-0.3, -0.25) is 0 Å². The standard InChI is InChI=1S/C20H36O/c1-16(8-6-9-17(2)13-15-21)11-12-19-18(3)10-7-14-20(19,4)5/h8,11-12,17-19,21H,6-7,9-10,13-15H2,1-5H3/b12-11+,16-8+/t17-,18?,19+/m0/s1. The molecule has 0 radical (unpaired) electrons. The molecule has 122 valence electrons. The molecule has 1 nitrogen and oxygen atoms in total. The van der Waals surface area contributed by atoms with Crippen LogP contribution < -0.4 is 0 Å². The SMILES string of the molecule is CC(/C=C/[C@@H]1C(C)CCCC1(C)C)=C\CC[C@H](C)CCO. The molecule has 1 heteroatoms. The van der Waals surface area contributed by atoms with Gasteiger partial charge in [-0.05, 0) is 55.8 Å². The van der Waals surface area contributed by atoms with Crippen molar-refractivity contribution in [2.45, 2.75) is 73.1 Å². The van der Waals surface area contributed by atoms with Crippen LogP contribution in [0.5, 0.6) is 0 Å². The van der Waals surface area contributed by atoms with E-state index in [-0.39, 0.29) is 0 Å². The molecule has 1 aliphatic carbocycles. The molecule has 1 aliphatic rings. The highest BCUT2D eigenvalue weighted by Crippen LogP contribution is 2.44. The maximum atomic E-state index is 8.92. The molecule has 0 bridgehead atoms. The quantitative estimate of drug-likeness (QED) is 0.592. The van der Waals surface area contributed by atoms with Crippen molar-refractivity contribution in [2.75, 3.05) is 6.61 Å². The Balaban J connectivity index is 2.50. The number of rotatable bonds is 7. The topological polar surface area (TPSA) is 20.2 Å². The smallest absolute Gasteiger partial charge is 0.0433 e. The summed E-state index contributed by atoms with van der Waals surface area (Å²) >= 11 is 0. The minimum atomic E-state index is 0.318. The van der Waals surface area contributed by atoms with E-state index in [1.54, 1.807) is 0 Å². The lowest BCUT2D eigenvalue weighted by Crippen LogP contribution is -2.32. The Morgan fingerprint density at radius 3 is 2.67 bits per heavy atom. The summed E-state index contributed by atoms with van der Waals surface area (Å²) in [5, 5.41) is 8.92. The second-order valence-corrected chi connectivity index (χ2v) is 7.89. The predicted octanol–water partition coefficient (Wildman–Crippen LogP) is 5.75. The fourth-order valence-electron chi connectivity index (χ4n) is 3.73. The zero-order valence-corrected chi connectivity index (χ0v) is 14.9. The van der Waals surface area contributed by atoms with Gasteiger partial charge < -0.3 is 5.11 Å². The summed E-state index contributed by atoms with van der Waals surface area (Å²) in [5.74, 6) is 2.14. The molecule has 0 spiro atoms. The Hall–Kier alpha value is -0.560. The van der Waals surface area contributed by atoms with Gasteiger partial charge in [0.25, 0.3) is 0 Å². The van der Waals surface area contributed by atoms with Crippen LogP contribution in [0.15, 0.2) is 23.8 Å². The molecule has 21 heavy (non-hydrogen) atoms. The van der Waals surface area contributed by atoms with E-state index in [1.165, 1.54) is 31.3 Å². The summed E-state index contributed by atoms with van der Waals surface area (Å²) < 4.78 is 0. The molecule has 0 aromatic heterocycles. The summed E-state index contributed by atoms with van der Waals surface area (Å²) in [6.07, 6.45) is 14.5. The van der Waals surface area contributed by atoms with Crippen LogP contribution in [0.1, 0.15) is 73.1 Å². The molecule has 0 amide bonds. The average molecular weight is 293 g/mol. The van der Waals surface area contributed by atoms with Crippen LogP contribution in [-0.4, -0.2) is 11.7 Å². The minimum absolute atomic E-state index is 0.318. The Morgan fingerprint density at radius 2 is 2.05 bits per heavy atom. The van der Waals surface area contributed by atoms with Crippen LogP contribution in [0, 0.1) is 23.2 Å². The van der Waals surface area contributed by atoms with Crippen LogP contribution in [-0.2, 0) is 0 Å². The first-order valence-electron chi connectivity index (χ1n) is 8.82. The second-order valence-electron chi connectivity index (χ2n) is 7.89. The van der Waals surface area contributed by atoms with E-state index in [9.17, 15) is 0 Å². The molecule has 0 aliphatic heterocycles. The van der Waals surface area contributed by atoms with Crippen LogP contribution in [0.2, 0.25) is 0 Å². The number of hydrogen-bond acceptors (Lipinski definition) is 1. The summed E-state index contributed by atoms with van der Waals surface area (Å²) in [6, 6.07) is 0. The van der Waals surface area contributed by atoms with Crippen LogP contribution >= 0.6 is 0 Å². The van der Waals surface area contributed by atoms with Gasteiger partial charge in [-0.15, -0.1) is 0 Å². The van der Waals surface area contributed by atoms with Gasteiger partial charge in [0.05, 0.1) is 0 Å². The minimum Gasteiger partial charge on any atom is -0.396 e. The highest BCUT2D eigenvalue weighted by atomic mass is 16.3. The highest BCUT2D eigenvalue weighted by Gasteiger charge is 2.34. The first-order chi connectivity index (χ1) is 9.86. The molecule has 1 saturated carbocycles. The van der Waals surface area contributed by atoms with E-state index in [4.69, 9.17) is 5.11 Å². The maximum absolute atomic E-state index is 8.92. The van der Waals surface area contributed by atoms with E-state index in [0.717, 1.165) is 18.8 Å². The molecule has 0 aromatic carbocycles. The third kappa shape index (κ3) is 6.38. The maximum Gasteiger partial charge on any atom is 0.0433 e. The van der Waals surface area contributed by atoms with Gasteiger partial charge in [-0.2, -0.15) is 0 Å². The van der Waals surface area contributed by atoms with Gasteiger partial charge >= 0.3 is 0 Å². The lowest BCUT2D eigenvalue weighted by atomic mass is 9.64. The van der Waals surface area contributed by atoms with Crippen molar-refractivity contribution >= 4 is 0 Å². The van der Waals surface area contributed by atoms with Crippen molar-refractivity contribution in [3.63, 3.8) is 0 Å². The summed E-state index contributed by atoms with van der Waals surface area (Å²) in [6.45, 7) is 12.0. The Kier molecular flexibility index (Phi) is 7.73. The lowest BCUT2D eigenvalue weighted by Gasteiger charge is -2.41. The van der Waals surface area contributed by atoms with Crippen LogP contribution in [0.3, 0.4) is 0 Å². The number of hydrogen-bond donors (Lipinski definition) is 1. The first-order valence-corrected chi connectivity index (χ1v) is 8.82. The van der Waals surface area contributed by atoms with Gasteiger partial charge in [0.15, 0.2) is 0 Å². The van der Waals surface area contributed by atoms with E-state index in [1.807, 2.05) is 0 Å². The molecular weight excluding hydrogens is 256 g/mol. The largest absolute Gasteiger partial charge is 0.396 e. The normalized spacial score (nSPS) is 28.0. The summed E-state index contributed by atoms with van der Waals surface area (Å²) in [4.78, 5) is 0. The van der Waals surface area contributed by atoms with Crippen LogP contribution in [0.25, 0.3) is 0 Å². The molecule has 1 unspecified atom stereocenters. The van der Waals surface area contributed by atoms with E-state index in [2.05, 4.69) is 52.8 Å². The van der Waals surface area contributed by atoms with E-state index < -0.39 is 0 Å². The van der Waals surface area contributed by atoms with Gasteiger partial charge in [0.2, 0.25) is 0 Å². The monoisotopic (exact) mass is 292 g/mol. The van der Waals surface area contributed by atoms with Gasteiger partial charge in [0, 0.05) is 6.61 Å². The summed E-state index contributed by atoms with van der Waals surface area (Å²) in [7, 11) is 0. The van der Waals surface area contributed by atoms with E-state index >= 15 is 0 Å². The fraction of sp³-hybridized carbons (Fsp3) is 0.800. The predicted molar refractivity (Wildman–Crippen MR) is 93.3 cm³/mol. The van der Waals surface area contributed by atoms with Crippen molar-refractivity contribution in [1.82, 2.24) is 0 Å². The average Bonchev–Trinajstić information content (AvgIpc) is 2.37. The van der Waals surface area contributed by atoms with Gasteiger partial charge in [-0.1, -0.05) is 64.3 Å².